The molecule has 2 aliphatic heterocycles. The molecule has 2 fully saturated rings. The minimum Gasteiger partial charge on any atom is -0.331 e. The van der Waals surface area contributed by atoms with Crippen LogP contribution in [0.15, 0.2) is 17.0 Å². The molecule has 0 aliphatic carbocycles. The summed E-state index contributed by atoms with van der Waals surface area (Å²) in [6, 6.07) is 4.13. The molecule has 2 unspecified atom stereocenters. The van der Waals surface area contributed by atoms with Gasteiger partial charge in [-0.05, 0) is 44.2 Å². The molecule has 1 aromatic rings. The van der Waals surface area contributed by atoms with Gasteiger partial charge in [-0.3, -0.25) is 4.79 Å². The second kappa shape index (κ2) is 7.63. The standard InChI is InChI=1S/C15H18Cl2N2OS.ClH/c1-21-14-6-11(12(16)7-13(14)17)15(20)19-9-2-3-10(19)8-18-5-4-9;/h6-7,9-10,18H,2-5,8H2,1H3;1H. The Kier molecular flexibility index (Phi) is 6.31. The summed E-state index contributed by atoms with van der Waals surface area (Å²) in [6.07, 6.45) is 5.13. The van der Waals surface area contributed by atoms with E-state index in [0.717, 1.165) is 37.2 Å². The summed E-state index contributed by atoms with van der Waals surface area (Å²) >= 11 is 14.0. The summed E-state index contributed by atoms with van der Waals surface area (Å²) in [5.41, 5.74) is 0.573. The van der Waals surface area contributed by atoms with Crippen LogP contribution in [0.25, 0.3) is 0 Å². The number of thioether (sulfide) groups is 1. The molecule has 0 aromatic heterocycles. The Balaban J connectivity index is 0.00000176. The van der Waals surface area contributed by atoms with Crippen molar-refractivity contribution in [2.75, 3.05) is 19.3 Å². The molecule has 2 aliphatic rings. The summed E-state index contributed by atoms with van der Waals surface area (Å²) < 4.78 is 0. The van der Waals surface area contributed by atoms with Crippen molar-refractivity contribution in [1.29, 1.82) is 0 Å². The molecule has 3 rings (SSSR count). The Labute approximate surface area is 151 Å². The van der Waals surface area contributed by atoms with Crippen molar-refractivity contribution in [1.82, 2.24) is 10.2 Å². The summed E-state index contributed by atoms with van der Waals surface area (Å²) in [5.74, 6) is 0.0446. The number of benzene rings is 1. The zero-order chi connectivity index (χ0) is 15.0. The van der Waals surface area contributed by atoms with Crippen LogP contribution in [0.4, 0.5) is 0 Å². The third kappa shape index (κ3) is 3.36. The first-order valence-electron chi connectivity index (χ1n) is 7.18. The van der Waals surface area contributed by atoms with Gasteiger partial charge in [0.1, 0.15) is 0 Å². The molecule has 7 heteroatoms. The lowest BCUT2D eigenvalue weighted by Gasteiger charge is -2.28. The SMILES string of the molecule is CSc1cc(C(=O)N2C3CCNCC2CC3)c(Cl)cc1Cl.Cl. The van der Waals surface area contributed by atoms with E-state index in [1.165, 1.54) is 11.8 Å². The predicted octanol–water partition coefficient (Wildman–Crippen LogP) is 4.10. The highest BCUT2D eigenvalue weighted by molar-refractivity contribution is 7.98. The zero-order valence-electron chi connectivity index (χ0n) is 12.3. The monoisotopic (exact) mass is 380 g/mol. The molecule has 2 bridgehead atoms. The van der Waals surface area contributed by atoms with E-state index in [1.54, 1.807) is 6.07 Å². The number of hydrogen-bond donors (Lipinski definition) is 1. The number of rotatable bonds is 2. The number of nitrogens with one attached hydrogen (secondary N) is 1. The maximum atomic E-state index is 13.0. The van der Waals surface area contributed by atoms with E-state index in [2.05, 4.69) is 5.32 Å². The molecule has 1 amide bonds. The lowest BCUT2D eigenvalue weighted by molar-refractivity contribution is 0.0680. The van der Waals surface area contributed by atoms with E-state index in [-0.39, 0.29) is 24.4 Å². The number of halogens is 3. The molecule has 2 atom stereocenters. The second-order valence-corrected chi connectivity index (χ2v) is 7.22. The molecule has 2 heterocycles. The van der Waals surface area contributed by atoms with Gasteiger partial charge in [0.05, 0.1) is 15.6 Å². The third-order valence-corrected chi connectivity index (χ3v) is 5.88. The highest BCUT2D eigenvalue weighted by Gasteiger charge is 2.38. The number of fused-ring (bicyclic) bond motifs is 2. The first kappa shape index (κ1) is 18.2. The van der Waals surface area contributed by atoms with Crippen molar-refractivity contribution < 1.29 is 4.79 Å². The maximum absolute atomic E-state index is 13.0. The quantitative estimate of drug-likeness (QED) is 0.783. The molecule has 22 heavy (non-hydrogen) atoms. The van der Waals surface area contributed by atoms with Gasteiger partial charge in [0.15, 0.2) is 0 Å². The number of carbonyl (C=O) groups is 1. The summed E-state index contributed by atoms with van der Waals surface area (Å²) in [5, 5.41) is 4.45. The van der Waals surface area contributed by atoms with Crippen molar-refractivity contribution in [3.8, 4) is 0 Å². The van der Waals surface area contributed by atoms with Gasteiger partial charge in [0.2, 0.25) is 0 Å². The Morgan fingerprint density at radius 3 is 2.68 bits per heavy atom. The Morgan fingerprint density at radius 1 is 1.23 bits per heavy atom. The molecule has 2 saturated heterocycles. The van der Waals surface area contributed by atoms with Crippen molar-refractivity contribution in [2.45, 2.75) is 36.2 Å². The van der Waals surface area contributed by atoms with Gasteiger partial charge in [-0.25, -0.2) is 0 Å². The maximum Gasteiger partial charge on any atom is 0.255 e. The molecule has 1 aromatic carbocycles. The number of nitrogens with zero attached hydrogens (tertiary/aromatic N) is 1. The summed E-state index contributed by atoms with van der Waals surface area (Å²) in [6.45, 7) is 1.86. The molecule has 0 radical (unpaired) electrons. The van der Waals surface area contributed by atoms with Gasteiger partial charge in [0.25, 0.3) is 5.91 Å². The molecule has 3 nitrogen and oxygen atoms in total. The molecule has 0 saturated carbocycles. The fraction of sp³-hybridized carbons (Fsp3) is 0.533. The van der Waals surface area contributed by atoms with Crippen LogP contribution in [0, 0.1) is 0 Å². The van der Waals surface area contributed by atoms with E-state index in [1.807, 2.05) is 17.2 Å². The normalized spacial score (nSPS) is 23.9. The van der Waals surface area contributed by atoms with E-state index >= 15 is 0 Å². The van der Waals surface area contributed by atoms with Gasteiger partial charge in [0, 0.05) is 23.5 Å². The molecule has 0 spiro atoms. The largest absolute Gasteiger partial charge is 0.331 e. The van der Waals surface area contributed by atoms with Crippen LogP contribution in [0.3, 0.4) is 0 Å². The first-order valence-corrected chi connectivity index (χ1v) is 9.16. The highest BCUT2D eigenvalue weighted by atomic mass is 35.5. The predicted molar refractivity (Wildman–Crippen MR) is 96.0 cm³/mol. The zero-order valence-corrected chi connectivity index (χ0v) is 15.4. The Hall–Kier alpha value is -0.130. The van der Waals surface area contributed by atoms with Gasteiger partial charge < -0.3 is 10.2 Å². The number of amides is 1. The minimum absolute atomic E-state index is 0. The van der Waals surface area contributed by atoms with Crippen LogP contribution in [0.2, 0.25) is 10.0 Å². The van der Waals surface area contributed by atoms with Crippen LogP contribution < -0.4 is 5.32 Å². The third-order valence-electron chi connectivity index (χ3n) is 4.36. The lowest BCUT2D eigenvalue weighted by Crippen LogP contribution is -2.42. The molecular formula is C15H19Cl3N2OS. The second-order valence-electron chi connectivity index (χ2n) is 5.56. The van der Waals surface area contributed by atoms with E-state index < -0.39 is 0 Å². The van der Waals surface area contributed by atoms with Crippen LogP contribution in [-0.2, 0) is 0 Å². The van der Waals surface area contributed by atoms with Crippen molar-refractivity contribution in [2.24, 2.45) is 0 Å². The molecule has 122 valence electrons. The van der Waals surface area contributed by atoms with E-state index in [4.69, 9.17) is 23.2 Å². The van der Waals surface area contributed by atoms with Crippen LogP contribution in [0.5, 0.6) is 0 Å². The highest BCUT2D eigenvalue weighted by Crippen LogP contribution is 2.35. The van der Waals surface area contributed by atoms with Crippen LogP contribution in [0.1, 0.15) is 29.6 Å². The summed E-state index contributed by atoms with van der Waals surface area (Å²) in [7, 11) is 0. The number of hydrogen-bond acceptors (Lipinski definition) is 3. The Morgan fingerprint density at radius 2 is 1.95 bits per heavy atom. The van der Waals surface area contributed by atoms with E-state index in [0.29, 0.717) is 21.7 Å². The fourth-order valence-electron chi connectivity index (χ4n) is 3.30. The van der Waals surface area contributed by atoms with E-state index in [9.17, 15) is 4.79 Å². The summed E-state index contributed by atoms with van der Waals surface area (Å²) in [4.78, 5) is 15.9. The average molecular weight is 382 g/mol. The fourth-order valence-corrected chi connectivity index (χ4v) is 4.49. The van der Waals surface area contributed by atoms with Crippen molar-refractivity contribution >= 4 is 53.3 Å². The smallest absolute Gasteiger partial charge is 0.255 e. The van der Waals surface area contributed by atoms with Gasteiger partial charge in [-0.1, -0.05) is 23.2 Å². The lowest BCUT2D eigenvalue weighted by atomic mass is 10.1. The van der Waals surface area contributed by atoms with Crippen molar-refractivity contribution in [3.63, 3.8) is 0 Å². The van der Waals surface area contributed by atoms with Crippen LogP contribution >= 0.6 is 47.4 Å². The van der Waals surface area contributed by atoms with Gasteiger partial charge >= 0.3 is 0 Å². The van der Waals surface area contributed by atoms with Gasteiger partial charge in [-0.2, -0.15) is 0 Å². The minimum atomic E-state index is 0. The molecular weight excluding hydrogens is 363 g/mol. The first-order chi connectivity index (χ1) is 10.1. The Bertz CT molecular complexity index is 556. The van der Waals surface area contributed by atoms with Gasteiger partial charge in [-0.15, -0.1) is 24.2 Å². The average Bonchev–Trinajstić information content (AvgIpc) is 2.71. The molecule has 1 N–H and O–H groups in total. The number of carbonyl (C=O) groups excluding carboxylic acids is 1. The van der Waals surface area contributed by atoms with Crippen LogP contribution in [-0.4, -0.2) is 42.2 Å². The van der Waals surface area contributed by atoms with Crippen molar-refractivity contribution in [3.05, 3.63) is 27.7 Å². The topological polar surface area (TPSA) is 32.3 Å².